The summed E-state index contributed by atoms with van der Waals surface area (Å²) >= 11 is 0. The Balaban J connectivity index is 1.70. The molecule has 6 rings (SSSR count). The van der Waals surface area contributed by atoms with Gasteiger partial charge in [0.15, 0.2) is 11.0 Å². The van der Waals surface area contributed by atoms with Crippen LogP contribution in [0.25, 0.3) is 11.0 Å². The number of para-hydroxylation sites is 1. The molecule has 35 heavy (non-hydrogen) atoms. The highest BCUT2D eigenvalue weighted by atomic mass is 16.5. The Labute approximate surface area is 202 Å². The largest absolute Gasteiger partial charge is 0.450 e. The van der Waals surface area contributed by atoms with E-state index in [0.29, 0.717) is 28.8 Å². The fraction of sp³-hybridized carbons (Fsp3) is 0.321. The minimum Gasteiger partial charge on any atom is -0.450 e. The van der Waals surface area contributed by atoms with E-state index in [1.54, 1.807) is 23.1 Å². The van der Waals surface area contributed by atoms with Crippen molar-refractivity contribution in [3.8, 4) is 0 Å². The van der Waals surface area contributed by atoms with Gasteiger partial charge in [-0.3, -0.25) is 14.4 Å². The SMILES string of the molecule is C=CCN1C(=O)C2(c3ccccc31)c1c(oc3cc(C)c(C)cc3c1=O)C(=O)N2CC1CCCO1. The Morgan fingerprint density at radius 2 is 1.91 bits per heavy atom. The zero-order valence-electron chi connectivity index (χ0n) is 19.8. The Bertz CT molecular complexity index is 1480. The molecule has 2 unspecified atom stereocenters. The topological polar surface area (TPSA) is 80.1 Å². The van der Waals surface area contributed by atoms with Gasteiger partial charge >= 0.3 is 0 Å². The average molecular weight is 471 g/mol. The van der Waals surface area contributed by atoms with E-state index in [4.69, 9.17) is 9.15 Å². The predicted octanol–water partition coefficient (Wildman–Crippen LogP) is 3.82. The van der Waals surface area contributed by atoms with Crippen LogP contribution < -0.4 is 10.3 Å². The number of hydrogen-bond acceptors (Lipinski definition) is 5. The molecule has 0 aliphatic carbocycles. The third-order valence-electron chi connectivity index (χ3n) is 7.57. The third kappa shape index (κ3) is 2.79. The number of anilines is 1. The number of aryl methyl sites for hydroxylation is 2. The molecular weight excluding hydrogens is 444 g/mol. The highest BCUT2D eigenvalue weighted by molar-refractivity contribution is 6.17. The molecule has 4 heterocycles. The minimum atomic E-state index is -1.61. The van der Waals surface area contributed by atoms with Crippen molar-refractivity contribution >= 4 is 28.5 Å². The lowest BCUT2D eigenvalue weighted by atomic mass is 9.83. The molecule has 0 bridgehead atoms. The van der Waals surface area contributed by atoms with Crippen molar-refractivity contribution < 1.29 is 18.7 Å². The van der Waals surface area contributed by atoms with Crippen LogP contribution >= 0.6 is 0 Å². The average Bonchev–Trinajstić information content (AvgIpc) is 3.51. The first kappa shape index (κ1) is 21.8. The van der Waals surface area contributed by atoms with E-state index in [1.807, 2.05) is 38.1 Å². The molecule has 2 aromatic carbocycles. The monoisotopic (exact) mass is 470 g/mol. The van der Waals surface area contributed by atoms with E-state index >= 15 is 0 Å². The number of ether oxygens (including phenoxy) is 1. The molecule has 0 saturated carbocycles. The molecule has 7 nitrogen and oxygen atoms in total. The Kier molecular flexibility index (Phi) is 4.76. The zero-order chi connectivity index (χ0) is 24.5. The fourth-order valence-corrected chi connectivity index (χ4v) is 5.80. The van der Waals surface area contributed by atoms with Crippen molar-refractivity contribution in [2.45, 2.75) is 38.3 Å². The molecule has 1 fully saturated rings. The molecule has 178 valence electrons. The Morgan fingerprint density at radius 3 is 2.66 bits per heavy atom. The Hall–Kier alpha value is -3.71. The predicted molar refractivity (Wildman–Crippen MR) is 132 cm³/mol. The molecule has 3 aliphatic rings. The van der Waals surface area contributed by atoms with Crippen molar-refractivity contribution in [1.82, 2.24) is 4.90 Å². The number of fused-ring (bicyclic) bond motifs is 5. The van der Waals surface area contributed by atoms with Crippen molar-refractivity contribution in [2.24, 2.45) is 0 Å². The van der Waals surface area contributed by atoms with Crippen molar-refractivity contribution in [3.63, 3.8) is 0 Å². The lowest BCUT2D eigenvalue weighted by Gasteiger charge is -2.35. The van der Waals surface area contributed by atoms with Crippen LogP contribution in [0.15, 0.2) is 58.3 Å². The number of carbonyl (C=O) groups is 2. The van der Waals surface area contributed by atoms with Crippen LogP contribution in [0.1, 0.15) is 45.7 Å². The van der Waals surface area contributed by atoms with Gasteiger partial charge in [0, 0.05) is 25.3 Å². The maximum absolute atomic E-state index is 14.3. The van der Waals surface area contributed by atoms with Crippen LogP contribution in [0.4, 0.5) is 5.69 Å². The van der Waals surface area contributed by atoms with Crippen molar-refractivity contribution in [3.05, 3.63) is 87.3 Å². The summed E-state index contributed by atoms with van der Waals surface area (Å²) in [6.45, 7) is 8.72. The molecule has 3 aliphatic heterocycles. The summed E-state index contributed by atoms with van der Waals surface area (Å²) in [5.41, 5.74) is 1.65. The molecule has 0 N–H and O–H groups in total. The number of carbonyl (C=O) groups excluding carboxylic acids is 2. The molecule has 7 heteroatoms. The summed E-state index contributed by atoms with van der Waals surface area (Å²) in [5.74, 6) is -0.872. The number of nitrogens with zero attached hydrogens (tertiary/aromatic N) is 2. The minimum absolute atomic E-state index is 0.0626. The Morgan fingerprint density at radius 1 is 1.14 bits per heavy atom. The standard InChI is InChI=1S/C28H26N2O5/c1-4-11-29-21-10-6-5-9-20(21)28(27(29)33)23-24(31)19-13-16(2)17(3)14-22(19)35-25(23)26(32)30(28)15-18-8-7-12-34-18/h4-6,9-10,13-14,18H,1,7-8,11-12,15H2,2-3H3. The van der Waals surface area contributed by atoms with Gasteiger partial charge in [0.1, 0.15) is 5.58 Å². The summed E-state index contributed by atoms with van der Waals surface area (Å²) in [7, 11) is 0. The lowest BCUT2D eigenvalue weighted by molar-refractivity contribution is -0.126. The molecule has 1 spiro atoms. The van der Waals surface area contributed by atoms with Crippen LogP contribution in [0.5, 0.6) is 0 Å². The van der Waals surface area contributed by atoms with Crippen LogP contribution in [0, 0.1) is 13.8 Å². The molecule has 1 saturated heterocycles. The summed E-state index contributed by atoms with van der Waals surface area (Å²) in [6.07, 6.45) is 3.10. The van der Waals surface area contributed by atoms with Gasteiger partial charge in [-0.2, -0.15) is 0 Å². The van der Waals surface area contributed by atoms with Crippen molar-refractivity contribution in [2.75, 3.05) is 24.6 Å². The molecule has 3 aromatic rings. The van der Waals surface area contributed by atoms with E-state index in [9.17, 15) is 14.4 Å². The van der Waals surface area contributed by atoms with E-state index in [-0.39, 0.29) is 41.9 Å². The second kappa shape index (κ2) is 7.65. The first-order valence-corrected chi connectivity index (χ1v) is 11.9. The summed E-state index contributed by atoms with van der Waals surface area (Å²) in [5, 5.41) is 0.366. The van der Waals surface area contributed by atoms with Gasteiger partial charge in [-0.15, -0.1) is 6.58 Å². The molecule has 2 atom stereocenters. The number of rotatable bonds is 4. The number of amides is 2. The highest BCUT2D eigenvalue weighted by Crippen LogP contribution is 2.52. The molecular formula is C28H26N2O5. The summed E-state index contributed by atoms with van der Waals surface area (Å²) < 4.78 is 12.0. The van der Waals surface area contributed by atoms with Crippen LogP contribution in [0.3, 0.4) is 0 Å². The van der Waals surface area contributed by atoms with Gasteiger partial charge in [0.2, 0.25) is 5.76 Å². The van der Waals surface area contributed by atoms with E-state index in [0.717, 1.165) is 24.0 Å². The van der Waals surface area contributed by atoms with Crippen LogP contribution in [-0.4, -0.2) is 42.5 Å². The molecule has 0 radical (unpaired) electrons. The third-order valence-corrected chi connectivity index (χ3v) is 7.57. The maximum Gasteiger partial charge on any atom is 0.291 e. The summed E-state index contributed by atoms with van der Waals surface area (Å²) in [4.78, 5) is 45.5. The fourth-order valence-electron chi connectivity index (χ4n) is 5.80. The molecule has 2 amide bonds. The van der Waals surface area contributed by atoms with Crippen molar-refractivity contribution in [1.29, 1.82) is 0 Å². The second-order valence-corrected chi connectivity index (χ2v) is 9.55. The summed E-state index contributed by atoms with van der Waals surface area (Å²) in [6, 6.07) is 10.9. The first-order valence-electron chi connectivity index (χ1n) is 11.9. The quantitative estimate of drug-likeness (QED) is 0.542. The zero-order valence-corrected chi connectivity index (χ0v) is 19.8. The van der Waals surface area contributed by atoms with E-state index < -0.39 is 11.4 Å². The van der Waals surface area contributed by atoms with Gasteiger partial charge in [-0.1, -0.05) is 24.3 Å². The van der Waals surface area contributed by atoms with Gasteiger partial charge in [-0.05, 0) is 56.0 Å². The van der Waals surface area contributed by atoms with Gasteiger partial charge in [0.25, 0.3) is 11.8 Å². The van der Waals surface area contributed by atoms with Gasteiger partial charge < -0.3 is 19.0 Å². The number of hydrogen-bond donors (Lipinski definition) is 0. The second-order valence-electron chi connectivity index (χ2n) is 9.55. The lowest BCUT2D eigenvalue weighted by Crippen LogP contribution is -2.55. The van der Waals surface area contributed by atoms with E-state index in [1.165, 1.54) is 4.90 Å². The maximum atomic E-state index is 14.3. The van der Waals surface area contributed by atoms with Gasteiger partial charge in [0.05, 0.1) is 22.7 Å². The van der Waals surface area contributed by atoms with E-state index in [2.05, 4.69) is 6.58 Å². The first-order chi connectivity index (χ1) is 16.9. The van der Waals surface area contributed by atoms with Crippen LogP contribution in [-0.2, 0) is 15.1 Å². The van der Waals surface area contributed by atoms with Crippen LogP contribution in [0.2, 0.25) is 0 Å². The smallest absolute Gasteiger partial charge is 0.291 e. The number of benzene rings is 2. The van der Waals surface area contributed by atoms with Gasteiger partial charge in [-0.25, -0.2) is 0 Å². The molecule has 1 aromatic heterocycles. The normalized spacial score (nSPS) is 23.0. The highest BCUT2D eigenvalue weighted by Gasteiger charge is 2.65.